The molecule has 0 bridgehead atoms. The van der Waals surface area contributed by atoms with Crippen LogP contribution in [0.4, 0.5) is 0 Å². The van der Waals surface area contributed by atoms with Crippen LogP contribution in [0.5, 0.6) is 0 Å². The predicted octanol–water partition coefficient (Wildman–Crippen LogP) is 7.02. The highest BCUT2D eigenvalue weighted by Crippen LogP contribution is 2.67. The first-order valence-corrected chi connectivity index (χ1v) is 14.6. The Hall–Kier alpha value is -2.26. The number of hydrogen-bond donors (Lipinski definition) is 0. The molecular weight excluding hydrogens is 422 g/mol. The zero-order valence-corrected chi connectivity index (χ0v) is 21.8. The lowest BCUT2D eigenvalue weighted by atomic mass is 10.1. The predicted molar refractivity (Wildman–Crippen MR) is 147 cm³/mol. The van der Waals surface area contributed by atoms with Gasteiger partial charge in [0.2, 0.25) is 0 Å². The summed E-state index contributed by atoms with van der Waals surface area (Å²) < 4.78 is 0. The molecule has 0 aromatic heterocycles. The summed E-state index contributed by atoms with van der Waals surface area (Å²) in [6.45, 7) is 13.6. The van der Waals surface area contributed by atoms with Crippen LogP contribution in [0, 0.1) is 41.5 Å². The van der Waals surface area contributed by atoms with Gasteiger partial charge in [0.15, 0.2) is 0 Å². The van der Waals surface area contributed by atoms with E-state index in [1.165, 1.54) is 44.0 Å². The lowest BCUT2D eigenvalue weighted by Crippen LogP contribution is -2.25. The normalized spacial score (nSPS) is 13.1. The number of aryl methyl sites for hydroxylation is 6. The Balaban J connectivity index is 2.08. The van der Waals surface area contributed by atoms with Crippen LogP contribution in [-0.4, -0.2) is 0 Å². The Labute approximate surface area is 196 Å². The summed E-state index contributed by atoms with van der Waals surface area (Å²) in [6, 6.07) is 32.0. The van der Waals surface area contributed by atoms with E-state index in [4.69, 9.17) is 0 Å². The van der Waals surface area contributed by atoms with E-state index in [2.05, 4.69) is 126 Å². The molecule has 0 fully saturated rings. The van der Waals surface area contributed by atoms with E-state index in [1.54, 1.807) is 10.6 Å². The second kappa shape index (κ2) is 9.70. The van der Waals surface area contributed by atoms with E-state index in [-0.39, 0.29) is 0 Å². The minimum atomic E-state index is -0.598. The van der Waals surface area contributed by atoms with Gasteiger partial charge in [0, 0.05) is 0 Å². The van der Waals surface area contributed by atoms with E-state index >= 15 is 0 Å². The van der Waals surface area contributed by atoms with E-state index < -0.39 is 15.2 Å². The summed E-state index contributed by atoms with van der Waals surface area (Å²) in [4.78, 5) is 0. The van der Waals surface area contributed by atoms with Crippen molar-refractivity contribution in [1.82, 2.24) is 0 Å². The molecule has 0 heterocycles. The number of rotatable bonds is 5. The standard InChI is InChI=1S/C30H32P2/c1-21-17-23(3)29(24(4)18-21)31(27-13-9-7-10-14-27)32(28-15-11-8-12-16-28)30-25(5)19-22(2)20-26(30)6/h7-20H,1-6H3. The van der Waals surface area contributed by atoms with Crippen molar-refractivity contribution in [2.24, 2.45) is 0 Å². The first kappa shape index (κ1) is 22.9. The Morgan fingerprint density at radius 2 is 0.688 bits per heavy atom. The van der Waals surface area contributed by atoms with Crippen molar-refractivity contribution in [1.29, 1.82) is 0 Å². The van der Waals surface area contributed by atoms with Crippen molar-refractivity contribution in [2.45, 2.75) is 41.5 Å². The Bertz CT molecular complexity index is 1080. The fraction of sp³-hybridized carbons (Fsp3) is 0.200. The molecular formula is C30H32P2. The molecule has 0 aliphatic carbocycles. The molecule has 0 radical (unpaired) electrons. The topological polar surface area (TPSA) is 0 Å². The zero-order valence-electron chi connectivity index (χ0n) is 20.0. The van der Waals surface area contributed by atoms with Gasteiger partial charge in [-0.1, -0.05) is 96.1 Å². The van der Waals surface area contributed by atoms with Crippen LogP contribution < -0.4 is 21.2 Å². The van der Waals surface area contributed by atoms with Gasteiger partial charge in [-0.05, 0) is 100 Å². The van der Waals surface area contributed by atoms with Crippen molar-refractivity contribution in [2.75, 3.05) is 0 Å². The average Bonchev–Trinajstić information content (AvgIpc) is 2.75. The third-order valence-electron chi connectivity index (χ3n) is 5.90. The molecule has 4 aromatic rings. The molecule has 0 saturated carbocycles. The van der Waals surface area contributed by atoms with Crippen LogP contribution in [-0.2, 0) is 0 Å². The van der Waals surface area contributed by atoms with Crippen molar-refractivity contribution >= 4 is 36.4 Å². The Kier molecular flexibility index (Phi) is 6.95. The molecule has 4 aromatic carbocycles. The summed E-state index contributed by atoms with van der Waals surface area (Å²) in [5.41, 5.74) is 8.37. The summed E-state index contributed by atoms with van der Waals surface area (Å²) in [7, 11) is -1.20. The zero-order chi connectivity index (χ0) is 22.8. The molecule has 2 unspecified atom stereocenters. The van der Waals surface area contributed by atoms with Crippen molar-refractivity contribution in [3.05, 3.63) is 118 Å². The molecule has 0 saturated heterocycles. The molecule has 4 rings (SSSR count). The van der Waals surface area contributed by atoms with Crippen LogP contribution in [0.2, 0.25) is 0 Å². The summed E-state index contributed by atoms with van der Waals surface area (Å²) in [5, 5.41) is 6.02. The van der Waals surface area contributed by atoms with E-state index in [9.17, 15) is 0 Å². The maximum absolute atomic E-state index is 2.37. The molecule has 0 aliphatic rings. The summed E-state index contributed by atoms with van der Waals surface area (Å²) >= 11 is 0. The maximum Gasteiger partial charge on any atom is -0.00879 e. The molecule has 0 spiro atoms. The van der Waals surface area contributed by atoms with Crippen LogP contribution in [0.3, 0.4) is 0 Å². The van der Waals surface area contributed by atoms with Crippen LogP contribution in [0.1, 0.15) is 33.4 Å². The second-order valence-corrected chi connectivity index (χ2v) is 14.4. The minimum absolute atomic E-state index is 0.598. The molecule has 32 heavy (non-hydrogen) atoms. The molecule has 2 heteroatoms. The first-order chi connectivity index (χ1) is 15.4. The quantitative estimate of drug-likeness (QED) is 0.284. The Morgan fingerprint density at radius 1 is 0.406 bits per heavy atom. The minimum Gasteiger partial charge on any atom is -0.0622 e. The fourth-order valence-corrected chi connectivity index (χ4v) is 14.0. The van der Waals surface area contributed by atoms with Gasteiger partial charge in [-0.15, -0.1) is 0 Å². The highest BCUT2D eigenvalue weighted by atomic mass is 32.1. The van der Waals surface area contributed by atoms with Gasteiger partial charge in [0.1, 0.15) is 0 Å². The Morgan fingerprint density at radius 3 is 0.969 bits per heavy atom. The fourth-order valence-electron chi connectivity index (χ4n) is 4.84. The largest absolute Gasteiger partial charge is 0.0622 e. The second-order valence-electron chi connectivity index (χ2n) is 8.79. The van der Waals surface area contributed by atoms with Crippen molar-refractivity contribution in [3.8, 4) is 0 Å². The van der Waals surface area contributed by atoms with E-state index in [0.717, 1.165) is 0 Å². The molecule has 0 amide bonds. The monoisotopic (exact) mass is 454 g/mol. The highest BCUT2D eigenvalue weighted by Gasteiger charge is 2.32. The van der Waals surface area contributed by atoms with Gasteiger partial charge in [-0.25, -0.2) is 0 Å². The van der Waals surface area contributed by atoms with Gasteiger partial charge in [0.05, 0.1) is 0 Å². The lowest BCUT2D eigenvalue weighted by molar-refractivity contribution is 1.35. The van der Waals surface area contributed by atoms with Gasteiger partial charge in [-0.3, -0.25) is 0 Å². The summed E-state index contributed by atoms with van der Waals surface area (Å²) in [5.74, 6) is 0. The highest BCUT2D eigenvalue weighted by molar-refractivity contribution is 8.41. The van der Waals surface area contributed by atoms with Crippen LogP contribution in [0.25, 0.3) is 0 Å². The van der Waals surface area contributed by atoms with E-state index in [0.29, 0.717) is 0 Å². The van der Waals surface area contributed by atoms with Gasteiger partial charge >= 0.3 is 0 Å². The smallest absolute Gasteiger partial charge is 0.00879 e. The third kappa shape index (κ3) is 4.59. The van der Waals surface area contributed by atoms with E-state index in [1.807, 2.05) is 0 Å². The van der Waals surface area contributed by atoms with Gasteiger partial charge in [-0.2, -0.15) is 0 Å². The molecule has 2 atom stereocenters. The molecule has 0 nitrogen and oxygen atoms in total. The SMILES string of the molecule is Cc1cc(C)c(P(c2ccccc2)P(c2ccccc2)c2c(C)cc(C)cc2C)c(C)c1. The molecule has 162 valence electrons. The van der Waals surface area contributed by atoms with Gasteiger partial charge in [0.25, 0.3) is 0 Å². The number of benzene rings is 4. The van der Waals surface area contributed by atoms with Crippen molar-refractivity contribution < 1.29 is 0 Å². The summed E-state index contributed by atoms with van der Waals surface area (Å²) in [6.07, 6.45) is 0. The first-order valence-electron chi connectivity index (χ1n) is 11.2. The lowest BCUT2D eigenvalue weighted by Gasteiger charge is -2.34. The number of hydrogen-bond acceptors (Lipinski definition) is 0. The third-order valence-corrected chi connectivity index (χ3v) is 13.9. The average molecular weight is 455 g/mol. The van der Waals surface area contributed by atoms with Gasteiger partial charge < -0.3 is 0 Å². The van der Waals surface area contributed by atoms with Crippen LogP contribution >= 0.6 is 15.2 Å². The molecule has 0 aliphatic heterocycles. The maximum atomic E-state index is 2.37. The van der Waals surface area contributed by atoms with Crippen molar-refractivity contribution in [3.63, 3.8) is 0 Å². The molecule has 0 N–H and O–H groups in total. The van der Waals surface area contributed by atoms with Crippen LogP contribution in [0.15, 0.2) is 84.9 Å².